The van der Waals surface area contributed by atoms with Crippen LogP contribution in [-0.2, 0) is 11.3 Å². The van der Waals surface area contributed by atoms with Crippen LogP contribution in [0.5, 0.6) is 0 Å². The van der Waals surface area contributed by atoms with Crippen LogP contribution in [0, 0.1) is 0 Å². The molecule has 0 aromatic heterocycles. The van der Waals surface area contributed by atoms with Crippen molar-refractivity contribution in [2.24, 2.45) is 0 Å². The first-order valence-electron chi connectivity index (χ1n) is 5.81. The van der Waals surface area contributed by atoms with Crippen molar-refractivity contribution in [2.45, 2.75) is 12.7 Å². The molecule has 0 aliphatic carbocycles. The second-order valence-corrected chi connectivity index (χ2v) is 4.98. The lowest BCUT2D eigenvalue weighted by molar-refractivity contribution is 0.0277. The molecular formula is C15H15BrO2. The van der Waals surface area contributed by atoms with Crippen LogP contribution in [0.4, 0.5) is 0 Å². The summed E-state index contributed by atoms with van der Waals surface area (Å²) >= 11 is 3.36. The monoisotopic (exact) mass is 306 g/mol. The SMILES string of the molecule is OC(COCc1ccccc1)c1ccc(Br)cc1. The molecule has 0 radical (unpaired) electrons. The van der Waals surface area contributed by atoms with Gasteiger partial charge in [-0.05, 0) is 23.3 Å². The first-order valence-corrected chi connectivity index (χ1v) is 6.60. The molecular weight excluding hydrogens is 292 g/mol. The Morgan fingerprint density at radius 1 is 1.00 bits per heavy atom. The molecule has 0 fully saturated rings. The van der Waals surface area contributed by atoms with E-state index in [-0.39, 0.29) is 0 Å². The van der Waals surface area contributed by atoms with Crippen LogP contribution < -0.4 is 0 Å². The zero-order valence-electron chi connectivity index (χ0n) is 9.92. The predicted octanol–water partition coefficient (Wildman–Crippen LogP) is 3.70. The van der Waals surface area contributed by atoms with Crippen LogP contribution in [0.1, 0.15) is 17.2 Å². The Morgan fingerprint density at radius 2 is 1.67 bits per heavy atom. The Balaban J connectivity index is 1.81. The summed E-state index contributed by atoms with van der Waals surface area (Å²) in [6, 6.07) is 17.5. The van der Waals surface area contributed by atoms with Crippen molar-refractivity contribution in [1.82, 2.24) is 0 Å². The van der Waals surface area contributed by atoms with Gasteiger partial charge in [0, 0.05) is 4.47 Å². The summed E-state index contributed by atoms with van der Waals surface area (Å²) in [5.41, 5.74) is 1.98. The molecule has 2 aromatic carbocycles. The minimum atomic E-state index is -0.582. The van der Waals surface area contributed by atoms with Crippen molar-refractivity contribution in [1.29, 1.82) is 0 Å². The van der Waals surface area contributed by atoms with Gasteiger partial charge in [0.05, 0.1) is 13.2 Å². The lowest BCUT2D eigenvalue weighted by atomic mass is 10.1. The highest BCUT2D eigenvalue weighted by Crippen LogP contribution is 2.17. The molecule has 2 aromatic rings. The highest BCUT2D eigenvalue weighted by molar-refractivity contribution is 9.10. The summed E-state index contributed by atoms with van der Waals surface area (Å²) in [4.78, 5) is 0. The number of hydrogen-bond donors (Lipinski definition) is 1. The molecule has 94 valence electrons. The molecule has 0 saturated carbocycles. The summed E-state index contributed by atoms with van der Waals surface area (Å²) in [6.45, 7) is 0.824. The van der Waals surface area contributed by atoms with Crippen LogP contribution in [0.25, 0.3) is 0 Å². The van der Waals surface area contributed by atoms with E-state index in [1.54, 1.807) is 0 Å². The zero-order chi connectivity index (χ0) is 12.8. The van der Waals surface area contributed by atoms with E-state index in [2.05, 4.69) is 15.9 Å². The summed E-state index contributed by atoms with van der Waals surface area (Å²) in [5.74, 6) is 0. The Hall–Kier alpha value is -1.16. The van der Waals surface area contributed by atoms with Crippen LogP contribution >= 0.6 is 15.9 Å². The van der Waals surface area contributed by atoms with Gasteiger partial charge in [-0.1, -0.05) is 58.4 Å². The van der Waals surface area contributed by atoms with E-state index in [4.69, 9.17) is 4.74 Å². The Kier molecular flexibility index (Phi) is 4.93. The fourth-order valence-corrected chi connectivity index (χ4v) is 1.91. The average Bonchev–Trinajstić information content (AvgIpc) is 2.40. The number of ether oxygens (including phenoxy) is 1. The Labute approximate surface area is 115 Å². The van der Waals surface area contributed by atoms with Crippen LogP contribution in [0.15, 0.2) is 59.1 Å². The van der Waals surface area contributed by atoms with E-state index in [1.165, 1.54) is 0 Å². The van der Waals surface area contributed by atoms with E-state index in [1.807, 2.05) is 54.6 Å². The minimum absolute atomic E-state index is 0.302. The predicted molar refractivity (Wildman–Crippen MR) is 75.2 cm³/mol. The van der Waals surface area contributed by atoms with Crippen LogP contribution in [0.2, 0.25) is 0 Å². The Morgan fingerprint density at radius 3 is 2.33 bits per heavy atom. The molecule has 2 nitrogen and oxygen atoms in total. The summed E-state index contributed by atoms with van der Waals surface area (Å²) < 4.78 is 6.51. The van der Waals surface area contributed by atoms with Gasteiger partial charge in [-0.2, -0.15) is 0 Å². The van der Waals surface area contributed by atoms with E-state index >= 15 is 0 Å². The third kappa shape index (κ3) is 3.95. The van der Waals surface area contributed by atoms with Crippen molar-refractivity contribution in [2.75, 3.05) is 6.61 Å². The first-order chi connectivity index (χ1) is 8.75. The van der Waals surface area contributed by atoms with Gasteiger partial charge in [0.2, 0.25) is 0 Å². The number of halogens is 1. The fourth-order valence-electron chi connectivity index (χ4n) is 1.64. The van der Waals surface area contributed by atoms with Crippen molar-refractivity contribution < 1.29 is 9.84 Å². The molecule has 2 rings (SSSR count). The second kappa shape index (κ2) is 6.69. The van der Waals surface area contributed by atoms with Gasteiger partial charge < -0.3 is 9.84 Å². The lowest BCUT2D eigenvalue weighted by Crippen LogP contribution is -2.07. The van der Waals surface area contributed by atoms with Gasteiger partial charge in [0.1, 0.15) is 6.10 Å². The van der Waals surface area contributed by atoms with Gasteiger partial charge in [0.25, 0.3) is 0 Å². The van der Waals surface area contributed by atoms with E-state index in [0.29, 0.717) is 13.2 Å². The molecule has 0 bridgehead atoms. The normalized spacial score (nSPS) is 12.3. The van der Waals surface area contributed by atoms with Crippen molar-refractivity contribution >= 4 is 15.9 Å². The standard InChI is InChI=1S/C15H15BrO2/c16-14-8-6-13(7-9-14)15(17)11-18-10-12-4-2-1-3-5-12/h1-9,15,17H,10-11H2. The highest BCUT2D eigenvalue weighted by Gasteiger charge is 2.07. The largest absolute Gasteiger partial charge is 0.386 e. The van der Waals surface area contributed by atoms with Gasteiger partial charge in [-0.3, -0.25) is 0 Å². The molecule has 0 aliphatic heterocycles. The molecule has 1 unspecified atom stereocenters. The zero-order valence-corrected chi connectivity index (χ0v) is 11.5. The maximum atomic E-state index is 9.95. The lowest BCUT2D eigenvalue weighted by Gasteiger charge is -2.11. The minimum Gasteiger partial charge on any atom is -0.386 e. The van der Waals surface area contributed by atoms with Crippen molar-refractivity contribution in [3.8, 4) is 0 Å². The van der Waals surface area contributed by atoms with Gasteiger partial charge >= 0.3 is 0 Å². The molecule has 0 heterocycles. The summed E-state index contributed by atoms with van der Waals surface area (Å²) in [5, 5.41) is 9.95. The van der Waals surface area contributed by atoms with E-state index in [0.717, 1.165) is 15.6 Å². The summed E-state index contributed by atoms with van der Waals surface area (Å²) in [6.07, 6.45) is -0.582. The third-order valence-corrected chi connectivity index (χ3v) is 3.17. The number of hydrogen-bond acceptors (Lipinski definition) is 2. The third-order valence-electron chi connectivity index (χ3n) is 2.64. The van der Waals surface area contributed by atoms with Gasteiger partial charge in [-0.25, -0.2) is 0 Å². The van der Waals surface area contributed by atoms with Crippen LogP contribution in [-0.4, -0.2) is 11.7 Å². The number of benzene rings is 2. The second-order valence-electron chi connectivity index (χ2n) is 4.07. The average molecular weight is 307 g/mol. The molecule has 0 aliphatic rings. The molecule has 1 atom stereocenters. The molecule has 0 amide bonds. The fraction of sp³-hybridized carbons (Fsp3) is 0.200. The number of rotatable bonds is 5. The van der Waals surface area contributed by atoms with E-state index in [9.17, 15) is 5.11 Å². The van der Waals surface area contributed by atoms with Crippen molar-refractivity contribution in [3.05, 3.63) is 70.2 Å². The van der Waals surface area contributed by atoms with Gasteiger partial charge in [0.15, 0.2) is 0 Å². The summed E-state index contributed by atoms with van der Waals surface area (Å²) in [7, 11) is 0. The molecule has 3 heteroatoms. The molecule has 1 N–H and O–H groups in total. The smallest absolute Gasteiger partial charge is 0.102 e. The number of aliphatic hydroxyl groups is 1. The number of aliphatic hydroxyl groups excluding tert-OH is 1. The quantitative estimate of drug-likeness (QED) is 0.912. The van der Waals surface area contributed by atoms with Gasteiger partial charge in [-0.15, -0.1) is 0 Å². The molecule has 0 saturated heterocycles. The Bertz CT molecular complexity index is 468. The molecule has 18 heavy (non-hydrogen) atoms. The van der Waals surface area contributed by atoms with Crippen LogP contribution in [0.3, 0.4) is 0 Å². The first kappa shape index (κ1) is 13.3. The topological polar surface area (TPSA) is 29.5 Å². The highest BCUT2D eigenvalue weighted by atomic mass is 79.9. The van der Waals surface area contributed by atoms with E-state index < -0.39 is 6.10 Å². The maximum Gasteiger partial charge on any atom is 0.102 e. The molecule has 0 spiro atoms. The maximum absolute atomic E-state index is 9.95. The van der Waals surface area contributed by atoms with Crippen molar-refractivity contribution in [3.63, 3.8) is 0 Å².